The second kappa shape index (κ2) is 6.16. The zero-order valence-electron chi connectivity index (χ0n) is 10.0. The number of esters is 1. The molecule has 1 aromatic rings. The van der Waals surface area contributed by atoms with Crippen molar-refractivity contribution >= 4 is 5.97 Å². The second-order valence-corrected chi connectivity index (χ2v) is 3.74. The summed E-state index contributed by atoms with van der Waals surface area (Å²) < 4.78 is 10.4. The van der Waals surface area contributed by atoms with Crippen LogP contribution in [0.15, 0.2) is 24.3 Å². The van der Waals surface area contributed by atoms with Gasteiger partial charge in [-0.25, -0.2) is 4.79 Å². The number of rotatable bonds is 5. The van der Waals surface area contributed by atoms with E-state index in [-0.39, 0.29) is 5.97 Å². The lowest BCUT2D eigenvalue weighted by Crippen LogP contribution is -2.26. The quantitative estimate of drug-likeness (QED) is 0.718. The third kappa shape index (κ3) is 3.93. The van der Waals surface area contributed by atoms with Crippen LogP contribution in [0.4, 0.5) is 0 Å². The van der Waals surface area contributed by atoms with Gasteiger partial charge in [0.25, 0.3) is 0 Å². The van der Waals surface area contributed by atoms with Crippen molar-refractivity contribution in [3.05, 3.63) is 29.8 Å². The molecule has 3 heteroatoms. The molecule has 88 valence electrons. The normalized spacial score (nSPS) is 11.9. The highest BCUT2D eigenvalue weighted by Gasteiger charge is 2.15. The molecule has 1 rings (SSSR count). The summed E-state index contributed by atoms with van der Waals surface area (Å²) in [6.07, 6.45) is 0.262. The summed E-state index contributed by atoms with van der Waals surface area (Å²) in [5, 5.41) is 0. The van der Waals surface area contributed by atoms with Crippen LogP contribution in [0.25, 0.3) is 0 Å². The minimum absolute atomic E-state index is 0.317. The summed E-state index contributed by atoms with van der Waals surface area (Å²) in [5.41, 5.74) is 1.16. The molecule has 0 aromatic heterocycles. The third-order valence-electron chi connectivity index (χ3n) is 2.11. The SMILES string of the molecule is CCCOC(=O)C(C)Oc1ccc(C)cc1. The zero-order valence-corrected chi connectivity index (χ0v) is 10.0. The Bertz CT molecular complexity index is 330. The molecule has 1 unspecified atom stereocenters. The van der Waals surface area contributed by atoms with Crippen LogP contribution >= 0.6 is 0 Å². The van der Waals surface area contributed by atoms with Crippen LogP contribution in [-0.2, 0) is 9.53 Å². The molecule has 0 aliphatic heterocycles. The van der Waals surface area contributed by atoms with Crippen molar-refractivity contribution < 1.29 is 14.3 Å². The van der Waals surface area contributed by atoms with E-state index in [2.05, 4.69) is 0 Å². The maximum absolute atomic E-state index is 11.4. The Hall–Kier alpha value is -1.51. The van der Waals surface area contributed by atoms with Crippen molar-refractivity contribution in [2.45, 2.75) is 33.3 Å². The smallest absolute Gasteiger partial charge is 0.347 e. The van der Waals surface area contributed by atoms with Crippen molar-refractivity contribution in [3.63, 3.8) is 0 Å². The molecule has 0 bridgehead atoms. The Balaban J connectivity index is 2.47. The minimum Gasteiger partial charge on any atom is -0.479 e. The van der Waals surface area contributed by atoms with E-state index in [1.807, 2.05) is 38.1 Å². The molecule has 0 saturated carbocycles. The second-order valence-electron chi connectivity index (χ2n) is 3.74. The van der Waals surface area contributed by atoms with Crippen molar-refractivity contribution in [2.75, 3.05) is 6.61 Å². The van der Waals surface area contributed by atoms with Crippen molar-refractivity contribution in [3.8, 4) is 5.75 Å². The largest absolute Gasteiger partial charge is 0.479 e. The summed E-state index contributed by atoms with van der Waals surface area (Å²) in [5.74, 6) is 0.369. The van der Waals surface area contributed by atoms with Crippen molar-refractivity contribution in [1.82, 2.24) is 0 Å². The molecule has 3 nitrogen and oxygen atoms in total. The van der Waals surface area contributed by atoms with Crippen molar-refractivity contribution in [2.24, 2.45) is 0 Å². The molecule has 0 N–H and O–H groups in total. The molecule has 0 saturated heterocycles. The number of benzene rings is 1. The first-order valence-electron chi connectivity index (χ1n) is 5.53. The Labute approximate surface area is 96.4 Å². The molecule has 0 fully saturated rings. The summed E-state index contributed by atoms with van der Waals surface area (Å²) in [6, 6.07) is 7.58. The van der Waals surface area contributed by atoms with Gasteiger partial charge < -0.3 is 9.47 Å². The third-order valence-corrected chi connectivity index (χ3v) is 2.11. The zero-order chi connectivity index (χ0) is 12.0. The van der Waals surface area contributed by atoms with E-state index in [0.29, 0.717) is 12.4 Å². The summed E-state index contributed by atoms with van der Waals surface area (Å²) in [4.78, 5) is 11.4. The fraction of sp³-hybridized carbons (Fsp3) is 0.462. The fourth-order valence-electron chi connectivity index (χ4n) is 1.19. The highest BCUT2D eigenvalue weighted by atomic mass is 16.6. The van der Waals surface area contributed by atoms with Crippen LogP contribution in [0, 0.1) is 6.92 Å². The molecule has 0 aliphatic rings. The van der Waals surface area contributed by atoms with Crippen molar-refractivity contribution in [1.29, 1.82) is 0 Å². The first kappa shape index (κ1) is 12.6. The minimum atomic E-state index is -0.561. The molecule has 0 heterocycles. The van der Waals surface area contributed by atoms with E-state index < -0.39 is 6.10 Å². The van der Waals surface area contributed by atoms with Gasteiger partial charge in [-0.05, 0) is 32.4 Å². The van der Waals surface area contributed by atoms with Crippen LogP contribution in [0.5, 0.6) is 5.75 Å². The van der Waals surface area contributed by atoms with Gasteiger partial charge in [0, 0.05) is 0 Å². The predicted octanol–water partition coefficient (Wildman–Crippen LogP) is 2.72. The molecule has 16 heavy (non-hydrogen) atoms. The lowest BCUT2D eigenvalue weighted by atomic mass is 10.2. The van der Waals surface area contributed by atoms with Gasteiger partial charge in [0.15, 0.2) is 6.10 Å². The maximum atomic E-state index is 11.4. The van der Waals surface area contributed by atoms with E-state index >= 15 is 0 Å². The van der Waals surface area contributed by atoms with Gasteiger partial charge in [0.1, 0.15) is 5.75 Å². The first-order chi connectivity index (χ1) is 7.63. The van der Waals surface area contributed by atoms with Crippen LogP contribution in [0.1, 0.15) is 25.8 Å². The number of carbonyl (C=O) groups is 1. The van der Waals surface area contributed by atoms with E-state index in [1.165, 1.54) is 0 Å². The Morgan fingerprint density at radius 2 is 1.94 bits per heavy atom. The highest BCUT2D eigenvalue weighted by Crippen LogP contribution is 2.13. The molecule has 0 aliphatic carbocycles. The van der Waals surface area contributed by atoms with Gasteiger partial charge in [-0.3, -0.25) is 0 Å². The van der Waals surface area contributed by atoms with Gasteiger partial charge >= 0.3 is 5.97 Å². The average molecular weight is 222 g/mol. The lowest BCUT2D eigenvalue weighted by molar-refractivity contribution is -0.151. The van der Waals surface area contributed by atoms with E-state index in [4.69, 9.17) is 9.47 Å². The van der Waals surface area contributed by atoms with Crippen LogP contribution in [0.2, 0.25) is 0 Å². The van der Waals surface area contributed by atoms with Crippen LogP contribution in [0.3, 0.4) is 0 Å². The predicted molar refractivity (Wildman–Crippen MR) is 62.5 cm³/mol. The molecule has 0 spiro atoms. The molecular weight excluding hydrogens is 204 g/mol. The monoisotopic (exact) mass is 222 g/mol. The highest BCUT2D eigenvalue weighted by molar-refractivity contribution is 5.74. The van der Waals surface area contributed by atoms with Gasteiger partial charge in [-0.15, -0.1) is 0 Å². The number of carbonyl (C=O) groups excluding carboxylic acids is 1. The van der Waals surface area contributed by atoms with E-state index in [1.54, 1.807) is 6.92 Å². The fourth-order valence-corrected chi connectivity index (χ4v) is 1.19. The Morgan fingerprint density at radius 3 is 2.50 bits per heavy atom. The van der Waals surface area contributed by atoms with Gasteiger partial charge in [0.05, 0.1) is 6.61 Å². The molecule has 1 atom stereocenters. The maximum Gasteiger partial charge on any atom is 0.347 e. The van der Waals surface area contributed by atoms with E-state index in [0.717, 1.165) is 12.0 Å². The van der Waals surface area contributed by atoms with Gasteiger partial charge in [0.2, 0.25) is 0 Å². The van der Waals surface area contributed by atoms with E-state index in [9.17, 15) is 4.79 Å². The molecule has 0 radical (unpaired) electrons. The Kier molecular flexibility index (Phi) is 4.83. The lowest BCUT2D eigenvalue weighted by Gasteiger charge is -2.13. The van der Waals surface area contributed by atoms with Gasteiger partial charge in [-0.1, -0.05) is 24.6 Å². The number of hydrogen-bond acceptors (Lipinski definition) is 3. The molecule has 0 amide bonds. The summed E-state index contributed by atoms with van der Waals surface area (Å²) in [6.45, 7) is 6.10. The summed E-state index contributed by atoms with van der Waals surface area (Å²) >= 11 is 0. The number of aryl methyl sites for hydroxylation is 1. The number of hydrogen-bond donors (Lipinski definition) is 0. The number of ether oxygens (including phenoxy) is 2. The Morgan fingerprint density at radius 1 is 1.31 bits per heavy atom. The summed E-state index contributed by atoms with van der Waals surface area (Å²) in [7, 11) is 0. The first-order valence-corrected chi connectivity index (χ1v) is 5.53. The topological polar surface area (TPSA) is 35.5 Å². The molecule has 1 aromatic carbocycles. The van der Waals surface area contributed by atoms with Crippen LogP contribution < -0.4 is 4.74 Å². The van der Waals surface area contributed by atoms with Crippen LogP contribution in [-0.4, -0.2) is 18.7 Å². The standard InChI is InChI=1S/C13H18O3/c1-4-9-15-13(14)11(3)16-12-7-5-10(2)6-8-12/h5-8,11H,4,9H2,1-3H3. The molecular formula is C13H18O3. The average Bonchev–Trinajstić information content (AvgIpc) is 2.29. The van der Waals surface area contributed by atoms with Gasteiger partial charge in [-0.2, -0.15) is 0 Å².